The zero-order valence-electron chi connectivity index (χ0n) is 14.5. The predicted molar refractivity (Wildman–Crippen MR) is 90.6 cm³/mol. The molecule has 0 radical (unpaired) electrons. The molecule has 0 atom stereocenters. The Morgan fingerprint density at radius 3 is 1.48 bits per heavy atom. The molecule has 0 saturated carbocycles. The largest absolute Gasteiger partial charge is 0.328 e. The first-order valence-electron chi connectivity index (χ1n) is 8.22. The summed E-state index contributed by atoms with van der Waals surface area (Å²) in [7, 11) is 0. The van der Waals surface area contributed by atoms with Crippen LogP contribution in [0, 0.1) is 27.9 Å². The van der Waals surface area contributed by atoms with Crippen LogP contribution in [0.25, 0.3) is 0 Å². The first-order chi connectivity index (χ1) is 13.7. The molecule has 0 aromatic heterocycles. The molecule has 29 heavy (non-hydrogen) atoms. The highest BCUT2D eigenvalue weighted by molar-refractivity contribution is 6.19. The van der Waals surface area contributed by atoms with Crippen molar-refractivity contribution in [2.75, 3.05) is 0 Å². The van der Waals surface area contributed by atoms with Crippen molar-refractivity contribution < 1.29 is 33.7 Å². The highest BCUT2D eigenvalue weighted by Crippen LogP contribution is 2.30. The Morgan fingerprint density at radius 2 is 1.14 bits per heavy atom. The molecule has 2 saturated heterocycles. The summed E-state index contributed by atoms with van der Waals surface area (Å²) < 4.78 is 0. The molecule has 2 heterocycles. The van der Waals surface area contributed by atoms with Gasteiger partial charge in [-0.05, 0) is 12.0 Å². The summed E-state index contributed by atoms with van der Waals surface area (Å²) in [6, 6.07) is 2.97. The number of barbiturate groups is 2. The lowest BCUT2D eigenvalue weighted by Crippen LogP contribution is -2.63. The average molecular weight is 403 g/mol. The molecule has 150 valence electrons. The first kappa shape index (κ1) is 19.6. The molecule has 0 aliphatic carbocycles. The number of nitro benzene ring substituents is 1. The summed E-state index contributed by atoms with van der Waals surface area (Å²) in [5, 5.41) is 18.4. The SMILES string of the molecule is O=C1NC(=O)C(C(Cc2ccc([N+](=O)[O-])cc2)C2C(=O)NC(=O)NC2=O)C(=O)N1. The van der Waals surface area contributed by atoms with Crippen molar-refractivity contribution in [3.8, 4) is 0 Å². The highest BCUT2D eigenvalue weighted by Gasteiger charge is 2.49. The number of non-ortho nitro benzene ring substituents is 1. The van der Waals surface area contributed by atoms with Crippen LogP contribution in [0.2, 0.25) is 0 Å². The Bertz CT molecular complexity index is 869. The number of carbonyl (C=O) groups excluding carboxylic acids is 6. The van der Waals surface area contributed by atoms with Gasteiger partial charge in [0.05, 0.1) is 4.92 Å². The molecule has 1 aromatic rings. The maximum Gasteiger partial charge on any atom is 0.328 e. The second kappa shape index (κ2) is 7.46. The first-order valence-corrected chi connectivity index (χ1v) is 8.22. The minimum Gasteiger partial charge on any atom is -0.277 e. The number of nitro groups is 1. The van der Waals surface area contributed by atoms with E-state index in [0.717, 1.165) is 0 Å². The van der Waals surface area contributed by atoms with Crippen molar-refractivity contribution in [1.29, 1.82) is 0 Å². The van der Waals surface area contributed by atoms with E-state index < -0.39 is 58.4 Å². The van der Waals surface area contributed by atoms with Gasteiger partial charge < -0.3 is 0 Å². The number of hydrogen-bond donors (Lipinski definition) is 4. The topological polar surface area (TPSA) is 194 Å². The fourth-order valence-corrected chi connectivity index (χ4v) is 3.29. The standard InChI is InChI=1S/C16H13N5O8/c22-11-9(12(23)18-15(26)17-11)8(10-13(24)19-16(27)20-14(10)25)5-6-1-3-7(4-2-6)21(28)29/h1-4,8-10H,5H2,(H2,17,18,22,23,26)(H2,19,20,24,25,27). The van der Waals surface area contributed by atoms with Crippen LogP contribution in [0.1, 0.15) is 5.56 Å². The van der Waals surface area contributed by atoms with Crippen LogP contribution < -0.4 is 21.3 Å². The normalized spacial score (nSPS) is 18.2. The second-order valence-corrected chi connectivity index (χ2v) is 6.36. The minimum absolute atomic E-state index is 0.197. The van der Waals surface area contributed by atoms with Gasteiger partial charge in [-0.3, -0.25) is 50.6 Å². The fraction of sp³-hybridized carbons (Fsp3) is 0.250. The van der Waals surface area contributed by atoms with Gasteiger partial charge in [0, 0.05) is 18.1 Å². The van der Waals surface area contributed by atoms with E-state index in [1.807, 2.05) is 21.3 Å². The Kier molecular flexibility index (Phi) is 5.04. The van der Waals surface area contributed by atoms with Crippen molar-refractivity contribution in [3.63, 3.8) is 0 Å². The van der Waals surface area contributed by atoms with E-state index in [-0.39, 0.29) is 12.1 Å². The summed E-state index contributed by atoms with van der Waals surface area (Å²) in [5.41, 5.74) is 0.179. The van der Waals surface area contributed by atoms with Crippen molar-refractivity contribution in [2.45, 2.75) is 6.42 Å². The quantitative estimate of drug-likeness (QED) is 0.265. The third-order valence-electron chi connectivity index (χ3n) is 4.55. The Balaban J connectivity index is 1.98. The molecule has 0 unspecified atom stereocenters. The second-order valence-electron chi connectivity index (χ2n) is 6.36. The van der Waals surface area contributed by atoms with Gasteiger partial charge in [-0.15, -0.1) is 0 Å². The Labute approximate surface area is 161 Å². The van der Waals surface area contributed by atoms with E-state index in [9.17, 15) is 38.9 Å². The van der Waals surface area contributed by atoms with Gasteiger partial charge in [-0.2, -0.15) is 0 Å². The monoisotopic (exact) mass is 403 g/mol. The van der Waals surface area contributed by atoms with E-state index in [1.54, 1.807) is 0 Å². The van der Waals surface area contributed by atoms with Gasteiger partial charge in [-0.1, -0.05) is 12.1 Å². The van der Waals surface area contributed by atoms with E-state index in [2.05, 4.69) is 0 Å². The number of benzene rings is 1. The lowest BCUT2D eigenvalue weighted by molar-refractivity contribution is -0.384. The summed E-state index contributed by atoms with van der Waals surface area (Å²) >= 11 is 0. The number of urea groups is 2. The smallest absolute Gasteiger partial charge is 0.277 e. The minimum atomic E-state index is -1.60. The van der Waals surface area contributed by atoms with Crippen molar-refractivity contribution >= 4 is 41.4 Å². The van der Waals surface area contributed by atoms with Crippen LogP contribution in [0.4, 0.5) is 15.3 Å². The van der Waals surface area contributed by atoms with Crippen LogP contribution in [0.15, 0.2) is 24.3 Å². The lowest BCUT2D eigenvalue weighted by atomic mass is 9.74. The van der Waals surface area contributed by atoms with Crippen LogP contribution in [-0.2, 0) is 25.6 Å². The molecule has 4 N–H and O–H groups in total. The molecule has 13 nitrogen and oxygen atoms in total. The van der Waals surface area contributed by atoms with E-state index in [1.165, 1.54) is 24.3 Å². The van der Waals surface area contributed by atoms with Gasteiger partial charge in [0.25, 0.3) is 5.69 Å². The summed E-state index contributed by atoms with van der Waals surface area (Å²) in [4.78, 5) is 82.0. The molecule has 0 spiro atoms. The maximum atomic E-state index is 12.3. The molecule has 2 aliphatic rings. The van der Waals surface area contributed by atoms with Gasteiger partial charge in [0.15, 0.2) is 0 Å². The number of rotatable bonds is 5. The zero-order valence-corrected chi connectivity index (χ0v) is 14.5. The number of imide groups is 4. The van der Waals surface area contributed by atoms with E-state index in [0.29, 0.717) is 5.56 Å². The number of hydrogen-bond acceptors (Lipinski definition) is 8. The lowest BCUT2D eigenvalue weighted by Gasteiger charge is -2.33. The summed E-state index contributed by atoms with van der Waals surface area (Å²) in [6.45, 7) is 0. The molecular weight excluding hydrogens is 390 g/mol. The molecule has 3 rings (SSSR count). The van der Waals surface area contributed by atoms with Crippen molar-refractivity contribution in [3.05, 3.63) is 39.9 Å². The predicted octanol–water partition coefficient (Wildman–Crippen LogP) is -1.28. The fourth-order valence-electron chi connectivity index (χ4n) is 3.29. The van der Waals surface area contributed by atoms with Crippen molar-refractivity contribution in [2.24, 2.45) is 17.8 Å². The number of nitrogens with zero attached hydrogens (tertiary/aromatic N) is 1. The number of carbonyl (C=O) groups is 6. The summed E-state index contributed by atoms with van der Waals surface area (Å²) in [5.74, 6) is -8.52. The van der Waals surface area contributed by atoms with Crippen LogP contribution in [0.5, 0.6) is 0 Å². The number of amides is 8. The molecule has 2 aliphatic heterocycles. The van der Waals surface area contributed by atoms with Crippen LogP contribution >= 0.6 is 0 Å². The molecule has 1 aromatic carbocycles. The van der Waals surface area contributed by atoms with E-state index >= 15 is 0 Å². The molecule has 8 amide bonds. The van der Waals surface area contributed by atoms with E-state index in [4.69, 9.17) is 0 Å². The van der Waals surface area contributed by atoms with Gasteiger partial charge >= 0.3 is 12.1 Å². The molecule has 0 bridgehead atoms. The third-order valence-corrected chi connectivity index (χ3v) is 4.55. The van der Waals surface area contributed by atoms with Crippen molar-refractivity contribution in [1.82, 2.24) is 21.3 Å². The Morgan fingerprint density at radius 1 is 0.759 bits per heavy atom. The van der Waals surface area contributed by atoms with Gasteiger partial charge in [0.1, 0.15) is 11.8 Å². The average Bonchev–Trinajstić information content (AvgIpc) is 2.60. The molecule has 2 fully saturated rings. The van der Waals surface area contributed by atoms with Gasteiger partial charge in [0.2, 0.25) is 23.6 Å². The molecule has 13 heteroatoms. The van der Waals surface area contributed by atoms with Gasteiger partial charge in [-0.25, -0.2) is 9.59 Å². The number of nitrogens with one attached hydrogen (secondary N) is 4. The zero-order chi connectivity index (χ0) is 21.3. The van der Waals surface area contributed by atoms with Crippen LogP contribution in [-0.4, -0.2) is 40.6 Å². The van der Waals surface area contributed by atoms with Crippen LogP contribution in [0.3, 0.4) is 0 Å². The Hall–Kier alpha value is -4.16. The summed E-state index contributed by atoms with van der Waals surface area (Å²) in [6.07, 6.45) is -0.197. The maximum absolute atomic E-state index is 12.3. The molecular formula is C16H13N5O8. The highest BCUT2D eigenvalue weighted by atomic mass is 16.6. The third kappa shape index (κ3) is 3.92.